The third kappa shape index (κ3) is 4.55. The van der Waals surface area contributed by atoms with Crippen molar-refractivity contribution in [1.82, 2.24) is 20.3 Å². The summed E-state index contributed by atoms with van der Waals surface area (Å²) in [6, 6.07) is -0.0369. The summed E-state index contributed by atoms with van der Waals surface area (Å²) in [4.78, 5) is 34.8. The summed E-state index contributed by atoms with van der Waals surface area (Å²) in [5, 5.41) is 10.1. The number of carbonyl (C=O) groups is 3. The molecule has 0 saturated carbocycles. The number of rotatable bonds is 6. The first-order valence-electron chi connectivity index (χ1n) is 6.25. The summed E-state index contributed by atoms with van der Waals surface area (Å²) in [7, 11) is 2.41. The minimum Gasteiger partial charge on any atom is -0.469 e. The topological polar surface area (TPSA) is 112 Å². The van der Waals surface area contributed by atoms with Gasteiger partial charge in [-0.1, -0.05) is 5.21 Å². The van der Waals surface area contributed by atoms with E-state index in [0.717, 1.165) is 0 Å². The third-order valence-corrected chi connectivity index (χ3v) is 2.50. The van der Waals surface area contributed by atoms with E-state index in [4.69, 9.17) is 0 Å². The van der Waals surface area contributed by atoms with Gasteiger partial charge in [0.2, 0.25) is 5.91 Å². The van der Waals surface area contributed by atoms with Gasteiger partial charge in [0.1, 0.15) is 6.54 Å². The van der Waals surface area contributed by atoms with Crippen molar-refractivity contribution >= 4 is 17.8 Å². The van der Waals surface area contributed by atoms with Crippen LogP contribution >= 0.6 is 0 Å². The highest BCUT2D eigenvalue weighted by Crippen LogP contribution is 2.09. The van der Waals surface area contributed by atoms with Crippen molar-refractivity contribution in [2.75, 3.05) is 14.2 Å². The number of amides is 1. The lowest BCUT2D eigenvalue weighted by molar-refractivity contribution is -0.140. The Balaban J connectivity index is 3.02. The van der Waals surface area contributed by atoms with Gasteiger partial charge in [0.15, 0.2) is 5.69 Å². The minimum atomic E-state index is -0.732. The fraction of sp³-hybridized carbons (Fsp3) is 0.583. The summed E-state index contributed by atoms with van der Waals surface area (Å²) in [6.07, 6.45) is -0.233. The molecule has 1 aromatic heterocycles. The number of nitrogens with one attached hydrogen (secondary N) is 1. The van der Waals surface area contributed by atoms with Crippen molar-refractivity contribution < 1.29 is 23.9 Å². The highest BCUT2D eigenvalue weighted by Gasteiger charge is 2.24. The fourth-order valence-corrected chi connectivity index (χ4v) is 1.60. The van der Waals surface area contributed by atoms with Crippen molar-refractivity contribution in [3.8, 4) is 0 Å². The van der Waals surface area contributed by atoms with Crippen LogP contribution < -0.4 is 5.32 Å². The van der Waals surface area contributed by atoms with Gasteiger partial charge in [-0.15, -0.1) is 5.10 Å². The number of hydrogen-bond acceptors (Lipinski definition) is 7. The first-order chi connectivity index (χ1) is 9.88. The lowest BCUT2D eigenvalue weighted by Crippen LogP contribution is -2.34. The molecule has 0 aliphatic heterocycles. The average molecular weight is 298 g/mol. The summed E-state index contributed by atoms with van der Waals surface area (Å²) >= 11 is 0. The number of esters is 2. The molecule has 0 aliphatic carbocycles. The van der Waals surface area contributed by atoms with E-state index in [-0.39, 0.29) is 36.3 Å². The molecule has 0 bridgehead atoms. The summed E-state index contributed by atoms with van der Waals surface area (Å²) in [5.41, 5.74) is 0.0628. The zero-order valence-corrected chi connectivity index (χ0v) is 12.4. The Hall–Kier alpha value is -2.45. The first kappa shape index (κ1) is 16.6. The van der Waals surface area contributed by atoms with Crippen LogP contribution in [0.3, 0.4) is 0 Å². The van der Waals surface area contributed by atoms with Gasteiger partial charge in [-0.3, -0.25) is 9.59 Å². The van der Waals surface area contributed by atoms with Crippen LogP contribution in [-0.2, 0) is 32.0 Å². The van der Waals surface area contributed by atoms with E-state index in [2.05, 4.69) is 25.1 Å². The first-order valence-corrected chi connectivity index (χ1v) is 6.25. The number of aromatic nitrogens is 3. The van der Waals surface area contributed by atoms with Crippen molar-refractivity contribution in [2.24, 2.45) is 0 Å². The molecule has 0 saturated heterocycles. The standard InChI is InChI=1S/C12H18N4O5/c1-7(2)13-9(17)6-16-8(5-10(18)20-3)11(14-15-16)12(19)21-4/h7H,5-6H2,1-4H3,(H,13,17). The average Bonchev–Trinajstić information content (AvgIpc) is 2.79. The van der Waals surface area contributed by atoms with Gasteiger partial charge in [0.25, 0.3) is 0 Å². The van der Waals surface area contributed by atoms with E-state index in [9.17, 15) is 14.4 Å². The van der Waals surface area contributed by atoms with Crippen molar-refractivity contribution in [3.63, 3.8) is 0 Å². The molecule has 1 amide bonds. The van der Waals surface area contributed by atoms with Gasteiger partial charge in [0.05, 0.1) is 26.3 Å². The predicted molar refractivity (Wildman–Crippen MR) is 70.4 cm³/mol. The van der Waals surface area contributed by atoms with Crippen molar-refractivity contribution in [3.05, 3.63) is 11.4 Å². The van der Waals surface area contributed by atoms with E-state index < -0.39 is 11.9 Å². The Morgan fingerprint density at radius 1 is 1.24 bits per heavy atom. The van der Waals surface area contributed by atoms with Gasteiger partial charge in [-0.05, 0) is 13.8 Å². The highest BCUT2D eigenvalue weighted by atomic mass is 16.5. The number of carbonyl (C=O) groups excluding carboxylic acids is 3. The SMILES string of the molecule is COC(=O)Cc1c(C(=O)OC)nnn1CC(=O)NC(C)C. The maximum atomic E-state index is 11.7. The van der Waals surface area contributed by atoms with Gasteiger partial charge < -0.3 is 14.8 Å². The van der Waals surface area contributed by atoms with E-state index in [1.807, 2.05) is 13.8 Å². The van der Waals surface area contributed by atoms with Gasteiger partial charge in [0, 0.05) is 6.04 Å². The molecule has 1 N–H and O–H groups in total. The van der Waals surface area contributed by atoms with E-state index in [0.29, 0.717) is 0 Å². The van der Waals surface area contributed by atoms with Gasteiger partial charge in [-0.2, -0.15) is 0 Å². The van der Waals surface area contributed by atoms with E-state index in [1.165, 1.54) is 18.9 Å². The lowest BCUT2D eigenvalue weighted by atomic mass is 10.2. The quantitative estimate of drug-likeness (QED) is 0.691. The molecule has 116 valence electrons. The molecular weight excluding hydrogens is 280 g/mol. The second-order valence-corrected chi connectivity index (χ2v) is 4.51. The zero-order valence-electron chi connectivity index (χ0n) is 12.4. The van der Waals surface area contributed by atoms with Crippen molar-refractivity contribution in [1.29, 1.82) is 0 Å². The molecule has 1 heterocycles. The van der Waals surface area contributed by atoms with Crippen molar-refractivity contribution in [2.45, 2.75) is 32.9 Å². The summed E-state index contributed by atoms with van der Waals surface area (Å²) < 4.78 is 10.3. The largest absolute Gasteiger partial charge is 0.469 e. The van der Waals surface area contributed by atoms with Crippen LogP contribution in [0.5, 0.6) is 0 Å². The Bertz CT molecular complexity index is 538. The molecule has 0 unspecified atom stereocenters. The van der Waals surface area contributed by atoms with Crippen LogP contribution in [0.15, 0.2) is 0 Å². The minimum absolute atomic E-state index is 0.0369. The van der Waals surface area contributed by atoms with Crippen LogP contribution in [0.4, 0.5) is 0 Å². The Kier molecular flexibility index (Phi) is 5.82. The lowest BCUT2D eigenvalue weighted by Gasteiger charge is -2.10. The molecule has 9 nitrogen and oxygen atoms in total. The third-order valence-electron chi connectivity index (χ3n) is 2.50. The van der Waals surface area contributed by atoms with Crippen LogP contribution in [-0.4, -0.2) is 53.1 Å². The van der Waals surface area contributed by atoms with Crippen LogP contribution in [0.2, 0.25) is 0 Å². The summed E-state index contributed by atoms with van der Waals surface area (Å²) in [6.45, 7) is 3.47. The molecule has 1 rings (SSSR count). The maximum Gasteiger partial charge on any atom is 0.360 e. The number of methoxy groups -OCH3 is 2. The number of ether oxygens (including phenoxy) is 2. The molecule has 9 heteroatoms. The number of nitrogens with zero attached hydrogens (tertiary/aromatic N) is 3. The molecule has 0 radical (unpaired) electrons. The van der Waals surface area contributed by atoms with Crippen LogP contribution in [0.1, 0.15) is 30.0 Å². The molecule has 0 atom stereocenters. The second kappa shape index (κ2) is 7.36. The number of hydrogen-bond donors (Lipinski definition) is 1. The summed E-state index contributed by atoms with van der Waals surface area (Å²) in [5.74, 6) is -1.62. The normalized spacial score (nSPS) is 10.3. The monoisotopic (exact) mass is 298 g/mol. The smallest absolute Gasteiger partial charge is 0.360 e. The Morgan fingerprint density at radius 3 is 2.43 bits per heavy atom. The molecule has 0 spiro atoms. The molecule has 0 aliphatic rings. The van der Waals surface area contributed by atoms with Gasteiger partial charge >= 0.3 is 11.9 Å². The van der Waals surface area contributed by atoms with E-state index in [1.54, 1.807) is 0 Å². The molecular formula is C12H18N4O5. The fourth-order valence-electron chi connectivity index (χ4n) is 1.60. The zero-order chi connectivity index (χ0) is 16.0. The van der Waals surface area contributed by atoms with Crippen LogP contribution in [0.25, 0.3) is 0 Å². The second-order valence-electron chi connectivity index (χ2n) is 4.51. The molecule has 0 fully saturated rings. The highest BCUT2D eigenvalue weighted by molar-refractivity contribution is 5.90. The Morgan fingerprint density at radius 2 is 1.90 bits per heavy atom. The van der Waals surface area contributed by atoms with E-state index >= 15 is 0 Å². The predicted octanol–water partition coefficient (Wildman–Crippen LogP) is -0.695. The Labute approximate surface area is 121 Å². The van der Waals surface area contributed by atoms with Crippen LogP contribution in [0, 0.1) is 0 Å². The molecule has 21 heavy (non-hydrogen) atoms. The molecule has 0 aromatic carbocycles. The molecule has 1 aromatic rings. The maximum absolute atomic E-state index is 11.7. The van der Waals surface area contributed by atoms with Gasteiger partial charge in [-0.25, -0.2) is 9.48 Å².